The molecular formula is C9H11N5. The summed E-state index contributed by atoms with van der Waals surface area (Å²) in [5.74, 6) is 0.535. The van der Waals surface area contributed by atoms with Gasteiger partial charge in [0, 0.05) is 11.8 Å². The standard InChI is InChI=1S/C9H11N5/c1-2-6-8(13-14-9(6)10)7-4-3-5-11-12-7/h3-5H,2H2,1H3,(H3,10,13,14). The van der Waals surface area contributed by atoms with Crippen molar-refractivity contribution in [2.75, 3.05) is 5.73 Å². The molecule has 0 atom stereocenters. The van der Waals surface area contributed by atoms with E-state index in [4.69, 9.17) is 5.73 Å². The van der Waals surface area contributed by atoms with Crippen molar-refractivity contribution >= 4 is 5.82 Å². The van der Waals surface area contributed by atoms with E-state index in [-0.39, 0.29) is 0 Å². The number of H-pyrrole nitrogens is 1. The van der Waals surface area contributed by atoms with Crippen LogP contribution in [0.4, 0.5) is 5.82 Å². The summed E-state index contributed by atoms with van der Waals surface area (Å²) in [6.45, 7) is 2.03. The maximum Gasteiger partial charge on any atom is 0.149 e. The Morgan fingerprint density at radius 2 is 2.36 bits per heavy atom. The summed E-state index contributed by atoms with van der Waals surface area (Å²) in [5, 5.41) is 14.6. The van der Waals surface area contributed by atoms with Crippen LogP contribution in [0.5, 0.6) is 0 Å². The van der Waals surface area contributed by atoms with Crippen molar-refractivity contribution in [1.82, 2.24) is 20.4 Å². The first-order valence-corrected chi connectivity index (χ1v) is 4.43. The maximum atomic E-state index is 5.70. The number of aromatic nitrogens is 4. The third-order valence-electron chi connectivity index (χ3n) is 2.08. The van der Waals surface area contributed by atoms with Crippen molar-refractivity contribution < 1.29 is 0 Å². The Labute approximate surface area is 81.4 Å². The quantitative estimate of drug-likeness (QED) is 0.738. The number of rotatable bonds is 2. The molecule has 0 fully saturated rings. The molecular weight excluding hydrogens is 178 g/mol. The fraction of sp³-hybridized carbons (Fsp3) is 0.222. The first-order chi connectivity index (χ1) is 6.83. The molecule has 0 aromatic carbocycles. The zero-order valence-corrected chi connectivity index (χ0v) is 7.86. The zero-order chi connectivity index (χ0) is 9.97. The maximum absolute atomic E-state index is 5.70. The highest BCUT2D eigenvalue weighted by atomic mass is 15.2. The third-order valence-corrected chi connectivity index (χ3v) is 2.08. The van der Waals surface area contributed by atoms with Gasteiger partial charge in [-0.3, -0.25) is 5.10 Å². The van der Waals surface area contributed by atoms with E-state index in [1.54, 1.807) is 6.20 Å². The van der Waals surface area contributed by atoms with E-state index < -0.39 is 0 Å². The molecule has 0 unspecified atom stereocenters. The second kappa shape index (κ2) is 3.45. The Morgan fingerprint density at radius 1 is 1.50 bits per heavy atom. The Hall–Kier alpha value is -1.91. The molecule has 2 rings (SSSR count). The Kier molecular flexibility index (Phi) is 2.14. The minimum atomic E-state index is 0.535. The van der Waals surface area contributed by atoms with Crippen LogP contribution in [0, 0.1) is 0 Å². The lowest BCUT2D eigenvalue weighted by Crippen LogP contribution is -1.92. The van der Waals surface area contributed by atoms with Crippen molar-refractivity contribution in [2.45, 2.75) is 13.3 Å². The number of nitrogen functional groups attached to an aromatic ring is 1. The average Bonchev–Trinajstić information content (AvgIpc) is 2.61. The minimum absolute atomic E-state index is 0.535. The smallest absolute Gasteiger partial charge is 0.149 e. The van der Waals surface area contributed by atoms with Crippen molar-refractivity contribution in [3.05, 3.63) is 23.9 Å². The van der Waals surface area contributed by atoms with E-state index in [0.29, 0.717) is 5.82 Å². The fourth-order valence-electron chi connectivity index (χ4n) is 1.38. The Morgan fingerprint density at radius 3 is 3.00 bits per heavy atom. The van der Waals surface area contributed by atoms with E-state index in [9.17, 15) is 0 Å². The van der Waals surface area contributed by atoms with Gasteiger partial charge in [0.25, 0.3) is 0 Å². The molecule has 5 heteroatoms. The lowest BCUT2D eigenvalue weighted by Gasteiger charge is -1.98. The summed E-state index contributed by atoms with van der Waals surface area (Å²) < 4.78 is 0. The van der Waals surface area contributed by atoms with Crippen molar-refractivity contribution in [2.24, 2.45) is 0 Å². The first-order valence-electron chi connectivity index (χ1n) is 4.43. The summed E-state index contributed by atoms with van der Waals surface area (Å²) >= 11 is 0. The van der Waals surface area contributed by atoms with Crippen LogP contribution in [-0.2, 0) is 6.42 Å². The molecule has 72 valence electrons. The van der Waals surface area contributed by atoms with Crippen LogP contribution in [0.2, 0.25) is 0 Å². The highest BCUT2D eigenvalue weighted by Gasteiger charge is 2.11. The molecule has 0 aliphatic rings. The third kappa shape index (κ3) is 1.32. The van der Waals surface area contributed by atoms with E-state index in [0.717, 1.165) is 23.4 Å². The molecule has 0 bridgehead atoms. The molecule has 2 heterocycles. The van der Waals surface area contributed by atoms with Crippen molar-refractivity contribution in [3.63, 3.8) is 0 Å². The summed E-state index contributed by atoms with van der Waals surface area (Å²) in [5.41, 5.74) is 8.32. The molecule has 0 saturated carbocycles. The summed E-state index contributed by atoms with van der Waals surface area (Å²) in [7, 11) is 0. The average molecular weight is 189 g/mol. The molecule has 0 saturated heterocycles. The van der Waals surface area contributed by atoms with E-state index in [1.165, 1.54) is 0 Å². The molecule has 0 spiro atoms. The van der Waals surface area contributed by atoms with E-state index in [1.807, 2.05) is 19.1 Å². The van der Waals surface area contributed by atoms with Gasteiger partial charge in [-0.1, -0.05) is 6.92 Å². The van der Waals surface area contributed by atoms with Crippen LogP contribution in [0.25, 0.3) is 11.4 Å². The lowest BCUT2D eigenvalue weighted by atomic mass is 10.1. The van der Waals surface area contributed by atoms with Crippen molar-refractivity contribution in [3.8, 4) is 11.4 Å². The van der Waals surface area contributed by atoms with Crippen LogP contribution >= 0.6 is 0 Å². The predicted molar refractivity (Wildman–Crippen MR) is 53.4 cm³/mol. The molecule has 5 nitrogen and oxygen atoms in total. The number of nitrogens with two attached hydrogens (primary N) is 1. The molecule has 0 radical (unpaired) electrons. The Bertz CT molecular complexity index is 420. The van der Waals surface area contributed by atoms with Gasteiger partial charge in [0.15, 0.2) is 0 Å². The lowest BCUT2D eigenvalue weighted by molar-refractivity contribution is 1.01. The molecule has 3 N–H and O–H groups in total. The zero-order valence-electron chi connectivity index (χ0n) is 7.86. The normalized spacial score (nSPS) is 10.4. The van der Waals surface area contributed by atoms with Gasteiger partial charge in [0.05, 0.1) is 5.69 Å². The summed E-state index contributed by atoms with van der Waals surface area (Å²) in [6, 6.07) is 3.71. The van der Waals surface area contributed by atoms with Crippen LogP contribution < -0.4 is 5.73 Å². The summed E-state index contributed by atoms with van der Waals surface area (Å²) in [6.07, 6.45) is 2.46. The van der Waals surface area contributed by atoms with Crippen molar-refractivity contribution in [1.29, 1.82) is 0 Å². The number of hydrogen-bond donors (Lipinski definition) is 2. The second-order valence-electron chi connectivity index (χ2n) is 2.92. The van der Waals surface area contributed by atoms with Crippen LogP contribution in [0.3, 0.4) is 0 Å². The number of nitrogens with zero attached hydrogens (tertiary/aromatic N) is 3. The number of hydrogen-bond acceptors (Lipinski definition) is 4. The SMILES string of the molecule is CCc1c(N)n[nH]c1-c1cccnn1. The predicted octanol–water partition coefficient (Wildman–Crippen LogP) is 1.01. The van der Waals surface area contributed by atoms with Gasteiger partial charge >= 0.3 is 0 Å². The largest absolute Gasteiger partial charge is 0.382 e. The van der Waals surface area contributed by atoms with Gasteiger partial charge in [-0.15, -0.1) is 5.10 Å². The van der Waals surface area contributed by atoms with Crippen LogP contribution in [-0.4, -0.2) is 20.4 Å². The molecule has 0 aliphatic heterocycles. The van der Waals surface area contributed by atoms with E-state index >= 15 is 0 Å². The van der Waals surface area contributed by atoms with E-state index in [2.05, 4.69) is 20.4 Å². The molecule has 0 aliphatic carbocycles. The summed E-state index contributed by atoms with van der Waals surface area (Å²) in [4.78, 5) is 0. The van der Waals surface area contributed by atoms with Gasteiger partial charge in [-0.25, -0.2) is 0 Å². The van der Waals surface area contributed by atoms with Gasteiger partial charge in [-0.05, 0) is 18.6 Å². The van der Waals surface area contributed by atoms with Gasteiger partial charge in [-0.2, -0.15) is 10.2 Å². The second-order valence-corrected chi connectivity index (χ2v) is 2.92. The number of aromatic amines is 1. The Balaban J connectivity index is 2.52. The number of nitrogens with one attached hydrogen (secondary N) is 1. The van der Waals surface area contributed by atoms with Crippen LogP contribution in [0.1, 0.15) is 12.5 Å². The highest BCUT2D eigenvalue weighted by Crippen LogP contribution is 2.22. The molecule has 0 amide bonds. The first kappa shape index (κ1) is 8.68. The van der Waals surface area contributed by atoms with Gasteiger partial charge in [0.1, 0.15) is 11.5 Å². The highest BCUT2D eigenvalue weighted by molar-refractivity contribution is 5.64. The van der Waals surface area contributed by atoms with Gasteiger partial charge < -0.3 is 5.73 Å². The molecule has 2 aromatic rings. The van der Waals surface area contributed by atoms with Gasteiger partial charge in [0.2, 0.25) is 0 Å². The molecule has 14 heavy (non-hydrogen) atoms. The fourth-order valence-corrected chi connectivity index (χ4v) is 1.38. The van der Waals surface area contributed by atoms with Crippen LogP contribution in [0.15, 0.2) is 18.3 Å². The number of anilines is 1. The monoisotopic (exact) mass is 189 g/mol. The molecule has 2 aromatic heterocycles. The minimum Gasteiger partial charge on any atom is -0.382 e. The topological polar surface area (TPSA) is 80.5 Å².